The van der Waals surface area contributed by atoms with Gasteiger partial charge in [0.25, 0.3) is 0 Å². The van der Waals surface area contributed by atoms with Gasteiger partial charge < -0.3 is 4.74 Å². The van der Waals surface area contributed by atoms with Crippen LogP contribution in [0.3, 0.4) is 0 Å². The summed E-state index contributed by atoms with van der Waals surface area (Å²) in [5.41, 5.74) is 0.351. The largest absolute Gasteiger partial charge is 0.462 e. The molecule has 0 fully saturated rings. The van der Waals surface area contributed by atoms with Crippen molar-refractivity contribution >= 4 is 18.6 Å². The smallest absolute Gasteiger partial charge is 0.337 e. The van der Waals surface area contributed by atoms with Crippen molar-refractivity contribution < 1.29 is 9.53 Å². The third-order valence-electron chi connectivity index (χ3n) is 1.24. The number of allylic oxidation sites excluding steroid dienone is 1. The summed E-state index contributed by atoms with van der Waals surface area (Å²) in [5.74, 6) is -0.377. The van der Waals surface area contributed by atoms with E-state index >= 15 is 0 Å². The van der Waals surface area contributed by atoms with Crippen LogP contribution in [-0.2, 0) is 9.53 Å². The fourth-order valence-electron chi connectivity index (χ4n) is 0.586. The van der Waals surface area contributed by atoms with Crippen molar-refractivity contribution in [1.29, 1.82) is 0 Å². The molecule has 0 saturated heterocycles. The Morgan fingerprint density at radius 1 is 1.58 bits per heavy atom. The van der Waals surface area contributed by atoms with Gasteiger partial charge in [0.1, 0.15) is 0 Å². The highest BCUT2D eigenvalue weighted by atomic mass is 32.1. The zero-order chi connectivity index (χ0) is 9.56. The molecule has 0 spiro atoms. The number of thiol groups is 1. The van der Waals surface area contributed by atoms with Gasteiger partial charge in [0.15, 0.2) is 0 Å². The Bertz CT molecular complexity index is 207. The van der Waals surface area contributed by atoms with Gasteiger partial charge in [-0.15, -0.1) is 12.6 Å². The number of carbonyl (C=O) groups is 1. The molecule has 0 aromatic carbocycles. The van der Waals surface area contributed by atoms with E-state index in [-0.39, 0.29) is 5.97 Å². The first-order valence-corrected chi connectivity index (χ1v) is 4.32. The molecule has 0 bridgehead atoms. The summed E-state index contributed by atoms with van der Waals surface area (Å²) >= 11 is 4.12. The molecule has 3 heteroatoms. The number of hydrogen-bond acceptors (Lipinski definition) is 3. The van der Waals surface area contributed by atoms with Gasteiger partial charge in [0.05, 0.1) is 12.2 Å². The first-order chi connectivity index (χ1) is 5.61. The standard InChI is InChI=1S/C9H14O2S/c1-4-8(12)6-7(3)9(10)11-5-2/h6,12H,3-5H2,1-2H3/b8-6-. The average molecular weight is 186 g/mol. The van der Waals surface area contributed by atoms with E-state index in [9.17, 15) is 4.79 Å². The molecule has 0 aliphatic carbocycles. The maximum Gasteiger partial charge on any atom is 0.337 e. The van der Waals surface area contributed by atoms with Crippen molar-refractivity contribution in [2.45, 2.75) is 20.3 Å². The second-order valence-corrected chi connectivity index (χ2v) is 2.81. The monoisotopic (exact) mass is 186 g/mol. The SMILES string of the molecule is C=C(/C=C(\S)CC)C(=O)OCC. The Hall–Kier alpha value is -0.700. The number of rotatable bonds is 4. The lowest BCUT2D eigenvalue weighted by Crippen LogP contribution is -2.04. The molecule has 0 saturated carbocycles. The van der Waals surface area contributed by atoms with E-state index < -0.39 is 0 Å². The van der Waals surface area contributed by atoms with Crippen LogP contribution in [-0.4, -0.2) is 12.6 Å². The molecule has 12 heavy (non-hydrogen) atoms. The van der Waals surface area contributed by atoms with Gasteiger partial charge in [-0.3, -0.25) is 0 Å². The molecule has 0 aromatic heterocycles. The molecule has 0 rings (SSSR count). The van der Waals surface area contributed by atoms with Crippen molar-refractivity contribution in [3.05, 3.63) is 23.1 Å². The van der Waals surface area contributed by atoms with Gasteiger partial charge in [-0.05, 0) is 24.3 Å². The number of ether oxygens (including phenoxy) is 1. The van der Waals surface area contributed by atoms with E-state index in [4.69, 9.17) is 4.74 Å². The summed E-state index contributed by atoms with van der Waals surface area (Å²) in [4.78, 5) is 11.8. The van der Waals surface area contributed by atoms with Gasteiger partial charge in [-0.1, -0.05) is 13.5 Å². The van der Waals surface area contributed by atoms with E-state index in [2.05, 4.69) is 19.2 Å². The van der Waals surface area contributed by atoms with Crippen LogP contribution in [0.25, 0.3) is 0 Å². The molecule has 2 nitrogen and oxygen atoms in total. The highest BCUT2D eigenvalue weighted by molar-refractivity contribution is 7.84. The van der Waals surface area contributed by atoms with Gasteiger partial charge in [0.2, 0.25) is 0 Å². The minimum Gasteiger partial charge on any atom is -0.462 e. The minimum absolute atomic E-state index is 0.351. The predicted molar refractivity (Wildman–Crippen MR) is 53.1 cm³/mol. The van der Waals surface area contributed by atoms with Gasteiger partial charge >= 0.3 is 5.97 Å². The molecular weight excluding hydrogens is 172 g/mol. The molecule has 0 N–H and O–H groups in total. The lowest BCUT2D eigenvalue weighted by Gasteiger charge is -2.00. The third kappa shape index (κ3) is 4.23. The predicted octanol–water partition coefficient (Wildman–Crippen LogP) is 2.33. The molecule has 0 aromatic rings. The second-order valence-electron chi connectivity index (χ2n) is 2.23. The summed E-state index contributed by atoms with van der Waals surface area (Å²) in [6, 6.07) is 0. The minimum atomic E-state index is -0.377. The zero-order valence-corrected chi connectivity index (χ0v) is 8.36. The van der Waals surface area contributed by atoms with Crippen molar-refractivity contribution in [2.75, 3.05) is 6.61 Å². The summed E-state index contributed by atoms with van der Waals surface area (Å²) in [6.45, 7) is 7.65. The van der Waals surface area contributed by atoms with E-state index in [1.807, 2.05) is 6.92 Å². The molecule has 0 atom stereocenters. The average Bonchev–Trinajstić information content (AvgIpc) is 2.04. The lowest BCUT2D eigenvalue weighted by atomic mass is 10.2. The Kier molecular flexibility index (Phi) is 5.54. The van der Waals surface area contributed by atoms with Crippen LogP contribution in [0.2, 0.25) is 0 Å². The lowest BCUT2D eigenvalue weighted by molar-refractivity contribution is -0.138. The number of esters is 1. The first-order valence-electron chi connectivity index (χ1n) is 3.87. The summed E-state index contributed by atoms with van der Waals surface area (Å²) in [5, 5.41) is 0. The molecule has 68 valence electrons. The zero-order valence-electron chi connectivity index (χ0n) is 7.46. The molecule has 0 amide bonds. The first kappa shape index (κ1) is 11.3. The summed E-state index contributed by atoms with van der Waals surface area (Å²) < 4.78 is 4.73. The van der Waals surface area contributed by atoms with Crippen molar-refractivity contribution in [3.8, 4) is 0 Å². The third-order valence-corrected chi connectivity index (χ3v) is 1.69. The molecule has 0 radical (unpaired) electrons. The molecular formula is C9H14O2S. The van der Waals surface area contributed by atoms with E-state index in [0.717, 1.165) is 11.3 Å². The van der Waals surface area contributed by atoms with Crippen molar-refractivity contribution in [1.82, 2.24) is 0 Å². The maximum atomic E-state index is 11.0. The molecule has 0 heterocycles. The Balaban J connectivity index is 4.12. The van der Waals surface area contributed by atoms with E-state index in [1.165, 1.54) is 0 Å². The normalized spacial score (nSPS) is 11.1. The Morgan fingerprint density at radius 2 is 2.17 bits per heavy atom. The highest BCUT2D eigenvalue weighted by Crippen LogP contribution is 2.09. The quantitative estimate of drug-likeness (QED) is 0.315. The molecule has 0 unspecified atom stereocenters. The van der Waals surface area contributed by atoms with Crippen molar-refractivity contribution in [3.63, 3.8) is 0 Å². The van der Waals surface area contributed by atoms with Crippen LogP contribution >= 0.6 is 12.6 Å². The molecule has 0 aliphatic rings. The van der Waals surface area contributed by atoms with Crippen LogP contribution in [0.4, 0.5) is 0 Å². The highest BCUT2D eigenvalue weighted by Gasteiger charge is 2.03. The summed E-state index contributed by atoms with van der Waals surface area (Å²) in [7, 11) is 0. The number of hydrogen-bond donors (Lipinski definition) is 1. The second kappa shape index (κ2) is 5.89. The summed E-state index contributed by atoms with van der Waals surface area (Å²) in [6.07, 6.45) is 2.42. The maximum absolute atomic E-state index is 11.0. The van der Waals surface area contributed by atoms with Crippen LogP contribution in [0.1, 0.15) is 20.3 Å². The topological polar surface area (TPSA) is 26.3 Å². The fraction of sp³-hybridized carbons (Fsp3) is 0.444. The number of carbonyl (C=O) groups excluding carboxylic acids is 1. The van der Waals surface area contributed by atoms with Crippen LogP contribution < -0.4 is 0 Å². The van der Waals surface area contributed by atoms with Gasteiger partial charge in [-0.2, -0.15) is 0 Å². The van der Waals surface area contributed by atoms with Gasteiger partial charge in [-0.25, -0.2) is 4.79 Å². The van der Waals surface area contributed by atoms with Crippen LogP contribution in [0.5, 0.6) is 0 Å². The Labute approximate surface area is 78.7 Å². The van der Waals surface area contributed by atoms with Crippen LogP contribution in [0, 0.1) is 0 Å². The van der Waals surface area contributed by atoms with Crippen molar-refractivity contribution in [2.24, 2.45) is 0 Å². The van der Waals surface area contributed by atoms with E-state index in [1.54, 1.807) is 13.0 Å². The molecule has 0 aliphatic heterocycles. The Morgan fingerprint density at radius 3 is 2.58 bits per heavy atom. The van der Waals surface area contributed by atoms with Crippen LogP contribution in [0.15, 0.2) is 23.1 Å². The van der Waals surface area contributed by atoms with Gasteiger partial charge in [0, 0.05) is 0 Å². The van der Waals surface area contributed by atoms with E-state index in [0.29, 0.717) is 12.2 Å². The fourth-order valence-corrected chi connectivity index (χ4v) is 0.742.